The number of thiol groups is 1. The van der Waals surface area contributed by atoms with Gasteiger partial charge in [0, 0.05) is 5.69 Å². The van der Waals surface area contributed by atoms with E-state index in [9.17, 15) is 8.42 Å². The maximum Gasteiger partial charge on any atom is 0.257 e. The van der Waals surface area contributed by atoms with Crippen molar-refractivity contribution in [1.82, 2.24) is 0 Å². The van der Waals surface area contributed by atoms with Gasteiger partial charge >= 0.3 is 0 Å². The zero-order valence-electron chi connectivity index (χ0n) is 7.06. The summed E-state index contributed by atoms with van der Waals surface area (Å²) in [6.07, 6.45) is -0.537. The van der Waals surface area contributed by atoms with Crippen molar-refractivity contribution in [2.45, 2.75) is 13.0 Å². The molecular weight excluding hydrogens is 190 g/mol. The second kappa shape index (κ2) is 4.25. The summed E-state index contributed by atoms with van der Waals surface area (Å²) in [5.41, 5.74) is 6.69. The van der Waals surface area contributed by atoms with E-state index in [1.165, 1.54) is 0 Å². The minimum atomic E-state index is -2.83. The Morgan fingerprint density at radius 2 is 2.31 bits per heavy atom. The van der Waals surface area contributed by atoms with Gasteiger partial charge in [-0.1, -0.05) is 6.07 Å². The van der Waals surface area contributed by atoms with Gasteiger partial charge in [-0.2, -0.15) is 0 Å². The molecule has 0 heterocycles. The monoisotopic (exact) mass is 200 g/mol. The van der Waals surface area contributed by atoms with Crippen molar-refractivity contribution in [3.63, 3.8) is 0 Å². The molecule has 4 nitrogen and oxygen atoms in total. The molecule has 1 unspecified atom stereocenters. The lowest BCUT2D eigenvalue weighted by Gasteiger charge is -2.07. The molecule has 1 aromatic rings. The highest BCUT2D eigenvalue weighted by Crippen LogP contribution is 2.17. The van der Waals surface area contributed by atoms with Crippen LogP contribution in [0.2, 0.25) is 0 Å². The van der Waals surface area contributed by atoms with E-state index < -0.39 is 17.1 Å². The standard InChI is InChI=1S/C8H10NO3S/c1-6(12-13(10)11)7-3-2-4-8(9)5-7/h2,4-6,13H,9H2,1H3. The van der Waals surface area contributed by atoms with Gasteiger partial charge in [0.2, 0.25) is 0 Å². The third-order valence-electron chi connectivity index (χ3n) is 1.53. The van der Waals surface area contributed by atoms with Crippen LogP contribution in [0.15, 0.2) is 18.2 Å². The Labute approximate surface area is 78.5 Å². The zero-order valence-corrected chi connectivity index (χ0v) is 7.95. The van der Waals surface area contributed by atoms with Gasteiger partial charge in [0.25, 0.3) is 11.0 Å². The molecule has 0 spiro atoms. The molecule has 0 saturated carbocycles. The molecule has 0 aliphatic heterocycles. The molecule has 0 amide bonds. The predicted octanol–water partition coefficient (Wildman–Crippen LogP) is 0.673. The number of hydrogen-bond acceptors (Lipinski definition) is 4. The Balaban J connectivity index is 2.82. The van der Waals surface area contributed by atoms with Crippen LogP contribution < -0.4 is 5.73 Å². The fraction of sp³-hybridized carbons (Fsp3) is 0.250. The maximum absolute atomic E-state index is 10.2. The van der Waals surface area contributed by atoms with Crippen molar-refractivity contribution in [2.75, 3.05) is 5.73 Å². The summed E-state index contributed by atoms with van der Waals surface area (Å²) in [5.74, 6) is 0. The van der Waals surface area contributed by atoms with E-state index in [4.69, 9.17) is 5.73 Å². The lowest BCUT2D eigenvalue weighted by atomic mass is 10.1. The predicted molar refractivity (Wildman–Crippen MR) is 49.5 cm³/mol. The van der Waals surface area contributed by atoms with Crippen molar-refractivity contribution >= 4 is 16.7 Å². The van der Waals surface area contributed by atoms with Crippen LogP contribution in [0.5, 0.6) is 0 Å². The largest absolute Gasteiger partial charge is 0.399 e. The molecule has 1 rings (SSSR count). The second-order valence-electron chi connectivity index (χ2n) is 2.55. The average molecular weight is 200 g/mol. The normalized spacial score (nSPS) is 13.1. The summed E-state index contributed by atoms with van der Waals surface area (Å²) in [6.45, 7) is 1.62. The molecule has 2 N–H and O–H groups in total. The Bertz CT molecular complexity index is 354. The molecule has 1 atom stereocenters. The van der Waals surface area contributed by atoms with Gasteiger partial charge in [0.1, 0.15) is 0 Å². The lowest BCUT2D eigenvalue weighted by molar-refractivity contribution is 0.245. The summed E-state index contributed by atoms with van der Waals surface area (Å²) in [4.78, 5) is 0. The summed E-state index contributed by atoms with van der Waals surface area (Å²) < 4.78 is 25.0. The number of anilines is 1. The van der Waals surface area contributed by atoms with Gasteiger partial charge in [0.05, 0.1) is 6.10 Å². The van der Waals surface area contributed by atoms with Gasteiger partial charge in [0.15, 0.2) is 0 Å². The Kier molecular flexibility index (Phi) is 3.27. The second-order valence-corrected chi connectivity index (χ2v) is 3.21. The van der Waals surface area contributed by atoms with E-state index in [1.54, 1.807) is 25.1 Å². The summed E-state index contributed by atoms with van der Waals surface area (Å²) >= 11 is 0. The first-order valence-electron chi connectivity index (χ1n) is 3.68. The highest BCUT2D eigenvalue weighted by Gasteiger charge is 2.06. The molecule has 0 aliphatic carbocycles. The highest BCUT2D eigenvalue weighted by molar-refractivity contribution is 7.67. The van der Waals surface area contributed by atoms with Crippen molar-refractivity contribution < 1.29 is 12.6 Å². The van der Waals surface area contributed by atoms with E-state index >= 15 is 0 Å². The minimum Gasteiger partial charge on any atom is -0.399 e. The molecule has 0 bridgehead atoms. The van der Waals surface area contributed by atoms with E-state index in [1.807, 2.05) is 0 Å². The van der Waals surface area contributed by atoms with E-state index in [0.717, 1.165) is 0 Å². The van der Waals surface area contributed by atoms with Gasteiger partial charge in [-0.25, -0.2) is 8.42 Å². The van der Waals surface area contributed by atoms with E-state index in [-0.39, 0.29) is 0 Å². The summed E-state index contributed by atoms with van der Waals surface area (Å²) in [5, 5.41) is 0. The topological polar surface area (TPSA) is 69.4 Å². The van der Waals surface area contributed by atoms with Crippen molar-refractivity contribution in [3.8, 4) is 0 Å². The Morgan fingerprint density at radius 3 is 2.85 bits per heavy atom. The van der Waals surface area contributed by atoms with Crippen LogP contribution >= 0.6 is 0 Å². The molecule has 0 aliphatic rings. The van der Waals surface area contributed by atoms with E-state index in [2.05, 4.69) is 10.2 Å². The quantitative estimate of drug-likeness (QED) is 0.556. The third-order valence-corrected chi connectivity index (χ3v) is 2.02. The molecule has 13 heavy (non-hydrogen) atoms. The first-order chi connectivity index (χ1) is 6.09. The fourth-order valence-electron chi connectivity index (χ4n) is 0.924. The lowest BCUT2D eigenvalue weighted by Crippen LogP contribution is -1.99. The fourth-order valence-corrected chi connectivity index (χ4v) is 1.30. The Hall–Kier alpha value is -1.07. The van der Waals surface area contributed by atoms with Crippen LogP contribution in [0.3, 0.4) is 0 Å². The molecule has 1 aromatic carbocycles. The van der Waals surface area contributed by atoms with Crippen molar-refractivity contribution in [2.24, 2.45) is 0 Å². The number of benzene rings is 1. The maximum atomic E-state index is 10.2. The summed E-state index contributed by atoms with van der Waals surface area (Å²) in [6, 6.07) is 7.77. The third kappa shape index (κ3) is 3.04. The first kappa shape index (κ1) is 10.0. The number of hydrogen-bond donors (Lipinski definition) is 2. The average Bonchev–Trinajstić information content (AvgIpc) is 2.03. The van der Waals surface area contributed by atoms with Crippen molar-refractivity contribution in [1.29, 1.82) is 0 Å². The van der Waals surface area contributed by atoms with Gasteiger partial charge in [-0.05, 0) is 30.7 Å². The minimum absolute atomic E-state index is 0.537. The molecule has 0 fully saturated rings. The summed E-state index contributed by atoms with van der Waals surface area (Å²) in [7, 11) is -2.83. The van der Waals surface area contributed by atoms with Crippen LogP contribution in [0.4, 0.5) is 5.69 Å². The van der Waals surface area contributed by atoms with Crippen LogP contribution in [-0.4, -0.2) is 8.42 Å². The Morgan fingerprint density at radius 1 is 1.62 bits per heavy atom. The van der Waals surface area contributed by atoms with Gasteiger partial charge in [-0.15, -0.1) is 0 Å². The number of nitrogens with two attached hydrogens (primary N) is 1. The number of nitrogen functional groups attached to an aromatic ring is 1. The molecule has 0 aromatic heterocycles. The van der Waals surface area contributed by atoms with Gasteiger partial charge < -0.3 is 5.73 Å². The highest BCUT2D eigenvalue weighted by atomic mass is 32.2. The zero-order chi connectivity index (χ0) is 9.84. The SMILES string of the molecule is CC(O[SH](=O)=O)c1[c]ccc(N)c1. The first-order valence-corrected chi connectivity index (χ1v) is 4.77. The molecular formula is C8H10NO3S. The van der Waals surface area contributed by atoms with E-state index in [0.29, 0.717) is 11.3 Å². The molecule has 0 saturated heterocycles. The molecule has 71 valence electrons. The van der Waals surface area contributed by atoms with Crippen LogP contribution in [-0.2, 0) is 15.2 Å². The molecule has 5 heteroatoms. The number of rotatable bonds is 3. The smallest absolute Gasteiger partial charge is 0.257 e. The van der Waals surface area contributed by atoms with Crippen molar-refractivity contribution in [3.05, 3.63) is 29.8 Å². The van der Waals surface area contributed by atoms with Crippen LogP contribution in [0.25, 0.3) is 0 Å². The molecule has 1 radical (unpaired) electrons. The van der Waals surface area contributed by atoms with Crippen LogP contribution in [0, 0.1) is 6.07 Å². The van der Waals surface area contributed by atoms with Gasteiger partial charge in [-0.3, -0.25) is 4.18 Å². The van der Waals surface area contributed by atoms with Crippen LogP contribution in [0.1, 0.15) is 18.6 Å².